The minimum atomic E-state index is -2.51. The summed E-state index contributed by atoms with van der Waals surface area (Å²) in [6, 6.07) is 4.01. The molecule has 0 amide bonds. The Kier molecular flexibility index (Phi) is 4.18. The van der Waals surface area contributed by atoms with Crippen LogP contribution in [0.2, 0.25) is 0 Å². The highest BCUT2D eigenvalue weighted by molar-refractivity contribution is 5.55. The van der Waals surface area contributed by atoms with Crippen LogP contribution >= 0.6 is 0 Å². The van der Waals surface area contributed by atoms with Gasteiger partial charge in [-0.1, -0.05) is 12.1 Å². The quantitative estimate of drug-likeness (QED) is 0.864. The van der Waals surface area contributed by atoms with Gasteiger partial charge in [-0.2, -0.15) is 0 Å². The maximum absolute atomic E-state index is 13.6. The van der Waals surface area contributed by atoms with E-state index >= 15 is 0 Å². The maximum Gasteiger partial charge on any atom is 0.255 e. The molecule has 0 spiro atoms. The summed E-state index contributed by atoms with van der Waals surface area (Å²) >= 11 is 0. The topological polar surface area (TPSA) is 29.3 Å². The molecule has 0 heterocycles. The molecule has 1 aromatic rings. The van der Waals surface area contributed by atoms with Crippen molar-refractivity contribution in [3.05, 3.63) is 29.6 Å². The highest BCUT2D eigenvalue weighted by Crippen LogP contribution is 2.27. The number of nitrogens with zero attached hydrogens (tertiary/aromatic N) is 1. The average molecular weight is 232 g/mol. The second-order valence-electron chi connectivity index (χ2n) is 3.74. The van der Waals surface area contributed by atoms with E-state index in [1.165, 1.54) is 24.1 Å². The van der Waals surface area contributed by atoms with Gasteiger partial charge in [0.05, 0.1) is 12.2 Å². The Morgan fingerprint density at radius 1 is 1.38 bits per heavy atom. The normalized spacial score (nSPS) is 12.9. The third kappa shape index (κ3) is 2.88. The Labute approximate surface area is 92.9 Å². The first kappa shape index (κ1) is 12.8. The van der Waals surface area contributed by atoms with Gasteiger partial charge in [-0.3, -0.25) is 0 Å². The van der Waals surface area contributed by atoms with Crippen LogP contribution in [0.1, 0.15) is 18.5 Å². The van der Waals surface area contributed by atoms with Gasteiger partial charge in [-0.25, -0.2) is 13.2 Å². The molecule has 0 bridgehead atoms. The Bertz CT molecular complexity index is 353. The van der Waals surface area contributed by atoms with E-state index in [1.54, 1.807) is 13.0 Å². The maximum atomic E-state index is 13.6. The van der Waals surface area contributed by atoms with Gasteiger partial charge in [-0.15, -0.1) is 0 Å². The lowest BCUT2D eigenvalue weighted by atomic mass is 10.1. The highest BCUT2D eigenvalue weighted by atomic mass is 19.3. The first-order valence-corrected chi connectivity index (χ1v) is 4.96. The van der Waals surface area contributed by atoms with Crippen molar-refractivity contribution in [1.29, 1.82) is 0 Å². The lowest BCUT2D eigenvalue weighted by Crippen LogP contribution is -2.27. The molecule has 1 aromatic carbocycles. The lowest BCUT2D eigenvalue weighted by molar-refractivity contribution is 0.156. The van der Waals surface area contributed by atoms with E-state index in [9.17, 15) is 13.2 Å². The minimum absolute atomic E-state index is 0.151. The van der Waals surface area contributed by atoms with Crippen LogP contribution in [0.3, 0.4) is 0 Å². The van der Waals surface area contributed by atoms with E-state index < -0.39 is 24.8 Å². The van der Waals surface area contributed by atoms with E-state index in [0.717, 1.165) is 0 Å². The zero-order valence-corrected chi connectivity index (χ0v) is 9.25. The molecule has 0 saturated heterocycles. The molecule has 5 heteroatoms. The van der Waals surface area contributed by atoms with Gasteiger partial charge in [0.25, 0.3) is 6.43 Å². The fourth-order valence-electron chi connectivity index (χ4n) is 1.60. The predicted molar refractivity (Wildman–Crippen MR) is 58.3 cm³/mol. The van der Waals surface area contributed by atoms with Crippen LogP contribution in [0.4, 0.5) is 18.9 Å². The van der Waals surface area contributed by atoms with Gasteiger partial charge < -0.3 is 10.6 Å². The van der Waals surface area contributed by atoms with Crippen molar-refractivity contribution in [2.75, 3.05) is 18.5 Å². The number of hydrogen-bond donors (Lipinski definition) is 1. The Morgan fingerprint density at radius 2 is 2.00 bits per heavy atom. The summed E-state index contributed by atoms with van der Waals surface area (Å²) in [6.07, 6.45) is -2.51. The third-order valence-corrected chi connectivity index (χ3v) is 2.30. The molecule has 0 aliphatic heterocycles. The molecular formula is C11H15F3N2. The molecule has 0 fully saturated rings. The van der Waals surface area contributed by atoms with Crippen molar-refractivity contribution in [1.82, 2.24) is 0 Å². The van der Waals surface area contributed by atoms with Crippen LogP contribution < -0.4 is 10.6 Å². The zero-order chi connectivity index (χ0) is 12.3. The van der Waals surface area contributed by atoms with Gasteiger partial charge in [0.1, 0.15) is 5.82 Å². The molecule has 0 aliphatic rings. The molecule has 0 saturated carbocycles. The largest absolute Gasteiger partial charge is 0.366 e. The summed E-state index contributed by atoms with van der Waals surface area (Å²) in [4.78, 5) is 1.19. The molecule has 90 valence electrons. The Hall–Kier alpha value is -1.23. The standard InChI is InChI=1S/C11H15F3N2/c1-7(15)8-4-3-5-9(12)11(8)16(2)6-10(13)14/h3-5,7,10H,6,15H2,1-2H3/t7-/m1/s1. The second-order valence-corrected chi connectivity index (χ2v) is 3.74. The summed E-state index contributed by atoms with van der Waals surface area (Å²) in [7, 11) is 1.43. The number of para-hydroxylation sites is 1. The molecule has 16 heavy (non-hydrogen) atoms. The van der Waals surface area contributed by atoms with Crippen molar-refractivity contribution >= 4 is 5.69 Å². The van der Waals surface area contributed by atoms with E-state index in [-0.39, 0.29) is 5.69 Å². The fourth-order valence-corrected chi connectivity index (χ4v) is 1.60. The monoisotopic (exact) mass is 232 g/mol. The van der Waals surface area contributed by atoms with Crippen LogP contribution in [-0.2, 0) is 0 Å². The zero-order valence-electron chi connectivity index (χ0n) is 9.25. The summed E-state index contributed by atoms with van der Waals surface area (Å²) < 4.78 is 38.0. The minimum Gasteiger partial charge on any atom is -0.366 e. The van der Waals surface area contributed by atoms with Crippen LogP contribution in [0.15, 0.2) is 18.2 Å². The molecule has 0 radical (unpaired) electrons. The molecule has 0 unspecified atom stereocenters. The van der Waals surface area contributed by atoms with Crippen molar-refractivity contribution in [3.63, 3.8) is 0 Å². The average Bonchev–Trinajstić information content (AvgIpc) is 2.15. The van der Waals surface area contributed by atoms with Gasteiger partial charge in [0, 0.05) is 13.1 Å². The summed E-state index contributed by atoms with van der Waals surface area (Å²) in [5.74, 6) is -0.530. The van der Waals surface area contributed by atoms with Gasteiger partial charge in [0.2, 0.25) is 0 Å². The summed E-state index contributed by atoms with van der Waals surface area (Å²) in [5.41, 5.74) is 6.35. The third-order valence-electron chi connectivity index (χ3n) is 2.30. The van der Waals surface area contributed by atoms with Crippen molar-refractivity contribution in [3.8, 4) is 0 Å². The van der Waals surface area contributed by atoms with Crippen molar-refractivity contribution in [2.45, 2.75) is 19.4 Å². The number of halogens is 3. The smallest absolute Gasteiger partial charge is 0.255 e. The van der Waals surface area contributed by atoms with E-state index in [1.807, 2.05) is 0 Å². The lowest BCUT2D eigenvalue weighted by Gasteiger charge is -2.24. The van der Waals surface area contributed by atoms with Crippen LogP contribution in [-0.4, -0.2) is 20.0 Å². The SMILES string of the molecule is C[C@@H](N)c1cccc(F)c1N(C)CC(F)F. The van der Waals surface area contributed by atoms with E-state index in [4.69, 9.17) is 5.73 Å². The molecular weight excluding hydrogens is 217 g/mol. The first-order chi connectivity index (χ1) is 7.43. The molecule has 1 atom stereocenters. The number of anilines is 1. The Balaban J connectivity index is 3.09. The van der Waals surface area contributed by atoms with E-state index in [2.05, 4.69) is 0 Å². The van der Waals surface area contributed by atoms with Gasteiger partial charge >= 0.3 is 0 Å². The number of alkyl halides is 2. The first-order valence-electron chi connectivity index (χ1n) is 4.96. The van der Waals surface area contributed by atoms with Gasteiger partial charge in [0.15, 0.2) is 0 Å². The summed E-state index contributed by atoms with van der Waals surface area (Å²) in [6.45, 7) is 1.18. The molecule has 2 nitrogen and oxygen atoms in total. The van der Waals surface area contributed by atoms with Crippen LogP contribution in [0, 0.1) is 5.82 Å². The molecule has 0 aliphatic carbocycles. The number of hydrogen-bond acceptors (Lipinski definition) is 2. The van der Waals surface area contributed by atoms with Crippen LogP contribution in [0.25, 0.3) is 0 Å². The fraction of sp³-hybridized carbons (Fsp3) is 0.455. The summed E-state index contributed by atoms with van der Waals surface area (Å²) in [5, 5.41) is 0. The van der Waals surface area contributed by atoms with Crippen molar-refractivity contribution < 1.29 is 13.2 Å². The molecule has 1 rings (SSSR count). The van der Waals surface area contributed by atoms with E-state index in [0.29, 0.717) is 5.56 Å². The second kappa shape index (κ2) is 5.21. The number of nitrogens with two attached hydrogens (primary N) is 1. The molecule has 0 aromatic heterocycles. The predicted octanol–water partition coefficient (Wildman–Crippen LogP) is 2.55. The number of benzene rings is 1. The molecule has 2 N–H and O–H groups in total. The highest BCUT2D eigenvalue weighted by Gasteiger charge is 2.17. The van der Waals surface area contributed by atoms with Crippen LogP contribution in [0.5, 0.6) is 0 Å². The van der Waals surface area contributed by atoms with Gasteiger partial charge in [-0.05, 0) is 18.6 Å². The van der Waals surface area contributed by atoms with Crippen molar-refractivity contribution in [2.24, 2.45) is 5.73 Å². The number of rotatable bonds is 4. The Morgan fingerprint density at radius 3 is 2.50 bits per heavy atom.